The summed E-state index contributed by atoms with van der Waals surface area (Å²) in [4.78, 5) is 11.5. The molecule has 0 aliphatic heterocycles. The normalized spacial score (nSPS) is 11.1. The van der Waals surface area contributed by atoms with Crippen LogP contribution in [0, 0.1) is 11.3 Å². The quantitative estimate of drug-likeness (QED) is 0.732. The summed E-state index contributed by atoms with van der Waals surface area (Å²) in [5.74, 6) is -0.379. The Labute approximate surface area is 124 Å². The minimum absolute atomic E-state index is 0.0186. The minimum Gasteiger partial charge on any atom is -0.398 e. The Morgan fingerprint density at radius 3 is 2.67 bits per heavy atom. The molecule has 0 fully saturated rings. The third-order valence-corrected chi connectivity index (χ3v) is 4.64. The van der Waals surface area contributed by atoms with Crippen LogP contribution in [0.3, 0.4) is 0 Å². The monoisotopic (exact) mass is 310 g/mol. The minimum atomic E-state index is -3.88. The van der Waals surface area contributed by atoms with E-state index in [1.165, 1.54) is 25.2 Å². The molecule has 0 heterocycles. The van der Waals surface area contributed by atoms with Gasteiger partial charge >= 0.3 is 0 Å². The Morgan fingerprint density at radius 1 is 1.48 bits per heavy atom. The molecule has 0 aliphatic rings. The van der Waals surface area contributed by atoms with Gasteiger partial charge in [-0.1, -0.05) is 6.92 Å². The van der Waals surface area contributed by atoms with Gasteiger partial charge in [-0.15, -0.1) is 0 Å². The molecule has 114 valence electrons. The molecule has 0 unspecified atom stereocenters. The van der Waals surface area contributed by atoms with E-state index < -0.39 is 10.0 Å². The molecule has 0 radical (unpaired) electrons. The molecule has 0 bridgehead atoms. The van der Waals surface area contributed by atoms with Gasteiger partial charge in [-0.2, -0.15) is 9.57 Å². The lowest BCUT2D eigenvalue weighted by molar-refractivity contribution is -0.121. The molecule has 1 rings (SSSR count). The van der Waals surface area contributed by atoms with Gasteiger partial charge in [0, 0.05) is 13.6 Å². The molecule has 0 aromatic heterocycles. The summed E-state index contributed by atoms with van der Waals surface area (Å²) in [6.45, 7) is 2.10. The SMILES string of the molecule is CCCNC(=O)CN(C)S(=O)(=O)c1ccc(C#N)cc1N. The van der Waals surface area contributed by atoms with Crippen molar-refractivity contribution in [3.05, 3.63) is 23.8 Å². The topological polar surface area (TPSA) is 116 Å². The van der Waals surface area contributed by atoms with Gasteiger partial charge in [0.25, 0.3) is 0 Å². The lowest BCUT2D eigenvalue weighted by Crippen LogP contribution is -2.38. The Morgan fingerprint density at radius 2 is 2.14 bits per heavy atom. The number of nitrogens with zero attached hydrogens (tertiary/aromatic N) is 2. The van der Waals surface area contributed by atoms with Crippen molar-refractivity contribution in [3.8, 4) is 6.07 Å². The highest BCUT2D eigenvalue weighted by Gasteiger charge is 2.25. The Kier molecular flexibility index (Phi) is 5.69. The van der Waals surface area contributed by atoms with Gasteiger partial charge in [0.15, 0.2) is 0 Å². The highest BCUT2D eigenvalue weighted by molar-refractivity contribution is 7.89. The number of hydrogen-bond acceptors (Lipinski definition) is 5. The largest absolute Gasteiger partial charge is 0.398 e. The second kappa shape index (κ2) is 7.06. The molecule has 1 aromatic carbocycles. The number of benzene rings is 1. The van der Waals surface area contributed by atoms with Crippen LogP contribution in [0.25, 0.3) is 0 Å². The molecule has 1 aromatic rings. The van der Waals surface area contributed by atoms with E-state index in [2.05, 4.69) is 5.32 Å². The van der Waals surface area contributed by atoms with E-state index in [-0.39, 0.29) is 28.6 Å². The Balaban J connectivity index is 2.95. The summed E-state index contributed by atoms with van der Waals surface area (Å²) >= 11 is 0. The number of hydrogen-bond donors (Lipinski definition) is 2. The van der Waals surface area contributed by atoms with Gasteiger partial charge in [-0.25, -0.2) is 8.42 Å². The first-order valence-electron chi connectivity index (χ1n) is 6.35. The first-order chi connectivity index (χ1) is 9.82. The van der Waals surface area contributed by atoms with Crippen molar-refractivity contribution in [2.75, 3.05) is 25.9 Å². The second-order valence-electron chi connectivity index (χ2n) is 4.48. The molecule has 7 nitrogen and oxygen atoms in total. The third kappa shape index (κ3) is 4.18. The molecular formula is C13H18N4O3S. The summed E-state index contributed by atoms with van der Waals surface area (Å²) in [6, 6.07) is 5.80. The fraction of sp³-hybridized carbons (Fsp3) is 0.385. The molecule has 0 atom stereocenters. The van der Waals surface area contributed by atoms with Crippen LogP contribution in [0.15, 0.2) is 23.1 Å². The van der Waals surface area contributed by atoms with Crippen molar-refractivity contribution in [3.63, 3.8) is 0 Å². The number of carbonyl (C=O) groups is 1. The van der Waals surface area contributed by atoms with E-state index in [1.807, 2.05) is 13.0 Å². The summed E-state index contributed by atoms with van der Waals surface area (Å²) in [5.41, 5.74) is 5.93. The number of likely N-dealkylation sites (N-methyl/N-ethyl adjacent to an activating group) is 1. The van der Waals surface area contributed by atoms with Crippen LogP contribution in [0.1, 0.15) is 18.9 Å². The van der Waals surface area contributed by atoms with Crippen molar-refractivity contribution in [1.82, 2.24) is 9.62 Å². The first-order valence-corrected chi connectivity index (χ1v) is 7.79. The third-order valence-electron chi connectivity index (χ3n) is 2.77. The summed E-state index contributed by atoms with van der Waals surface area (Å²) in [5, 5.41) is 11.3. The maximum absolute atomic E-state index is 12.3. The van der Waals surface area contributed by atoms with Crippen molar-refractivity contribution in [2.45, 2.75) is 18.2 Å². The lowest BCUT2D eigenvalue weighted by Gasteiger charge is -2.18. The first kappa shape index (κ1) is 16.9. The zero-order valence-electron chi connectivity index (χ0n) is 12.0. The van der Waals surface area contributed by atoms with Crippen LogP contribution in [-0.4, -0.2) is 38.8 Å². The maximum Gasteiger partial charge on any atom is 0.245 e. The zero-order valence-corrected chi connectivity index (χ0v) is 12.8. The van der Waals surface area contributed by atoms with E-state index in [9.17, 15) is 13.2 Å². The van der Waals surface area contributed by atoms with Gasteiger partial charge in [0.2, 0.25) is 15.9 Å². The number of sulfonamides is 1. The average molecular weight is 310 g/mol. The van der Waals surface area contributed by atoms with Crippen LogP contribution < -0.4 is 11.1 Å². The molecule has 1 amide bonds. The van der Waals surface area contributed by atoms with Crippen LogP contribution in [0.2, 0.25) is 0 Å². The van der Waals surface area contributed by atoms with Crippen LogP contribution in [-0.2, 0) is 14.8 Å². The predicted octanol–water partition coefficient (Wildman–Crippen LogP) is 0.287. The Hall–Kier alpha value is -2.11. The fourth-order valence-corrected chi connectivity index (χ4v) is 2.85. The smallest absolute Gasteiger partial charge is 0.245 e. The average Bonchev–Trinajstić information content (AvgIpc) is 2.44. The fourth-order valence-electron chi connectivity index (χ4n) is 1.63. The van der Waals surface area contributed by atoms with Crippen LogP contribution >= 0.6 is 0 Å². The van der Waals surface area contributed by atoms with E-state index in [0.717, 1.165) is 10.7 Å². The van der Waals surface area contributed by atoms with Gasteiger partial charge in [0.05, 0.1) is 23.9 Å². The van der Waals surface area contributed by atoms with Crippen LogP contribution in [0.4, 0.5) is 5.69 Å². The summed E-state index contributed by atoms with van der Waals surface area (Å²) in [6.07, 6.45) is 0.769. The number of anilines is 1. The molecule has 0 saturated heterocycles. The van der Waals surface area contributed by atoms with Crippen molar-refractivity contribution in [2.24, 2.45) is 0 Å². The van der Waals surface area contributed by atoms with Crippen molar-refractivity contribution < 1.29 is 13.2 Å². The number of rotatable bonds is 6. The number of carbonyl (C=O) groups excluding carboxylic acids is 1. The molecule has 0 saturated carbocycles. The summed E-state index contributed by atoms with van der Waals surface area (Å²) in [7, 11) is -2.57. The molecule has 0 aliphatic carbocycles. The van der Waals surface area contributed by atoms with E-state index in [0.29, 0.717) is 6.54 Å². The maximum atomic E-state index is 12.3. The number of nitriles is 1. The van der Waals surface area contributed by atoms with E-state index >= 15 is 0 Å². The predicted molar refractivity (Wildman–Crippen MR) is 78.7 cm³/mol. The van der Waals surface area contributed by atoms with Crippen molar-refractivity contribution in [1.29, 1.82) is 5.26 Å². The van der Waals surface area contributed by atoms with Crippen LogP contribution in [0.5, 0.6) is 0 Å². The summed E-state index contributed by atoms with van der Waals surface area (Å²) < 4.78 is 25.6. The van der Waals surface area contributed by atoms with Crippen molar-refractivity contribution >= 4 is 21.6 Å². The van der Waals surface area contributed by atoms with Gasteiger partial charge in [-0.05, 0) is 24.6 Å². The number of nitrogens with one attached hydrogen (secondary N) is 1. The van der Waals surface area contributed by atoms with Gasteiger partial charge in [-0.3, -0.25) is 4.79 Å². The molecule has 21 heavy (non-hydrogen) atoms. The van der Waals surface area contributed by atoms with Gasteiger partial charge < -0.3 is 11.1 Å². The number of nitrogen functional groups attached to an aromatic ring is 1. The molecule has 8 heteroatoms. The highest BCUT2D eigenvalue weighted by atomic mass is 32.2. The second-order valence-corrected chi connectivity index (χ2v) is 6.49. The molecule has 3 N–H and O–H groups in total. The standard InChI is InChI=1S/C13H18N4O3S/c1-3-6-16-13(18)9-17(2)21(19,20)12-5-4-10(8-14)7-11(12)15/h4-5,7H,3,6,9,15H2,1-2H3,(H,16,18). The van der Waals surface area contributed by atoms with E-state index in [1.54, 1.807) is 0 Å². The van der Waals surface area contributed by atoms with Gasteiger partial charge in [0.1, 0.15) is 4.90 Å². The zero-order chi connectivity index (χ0) is 16.0. The number of nitrogens with two attached hydrogens (primary N) is 1. The molecule has 0 spiro atoms. The molecular weight excluding hydrogens is 292 g/mol. The lowest BCUT2D eigenvalue weighted by atomic mass is 10.2. The highest BCUT2D eigenvalue weighted by Crippen LogP contribution is 2.22. The van der Waals surface area contributed by atoms with E-state index in [4.69, 9.17) is 11.0 Å². The number of amides is 1. The Bertz CT molecular complexity index is 664.